The molecule has 0 fully saturated rings. The fourth-order valence-corrected chi connectivity index (χ4v) is 5.58. The van der Waals surface area contributed by atoms with E-state index in [-0.39, 0.29) is 24.0 Å². The van der Waals surface area contributed by atoms with E-state index in [0.29, 0.717) is 16.3 Å². The Kier molecular flexibility index (Phi) is 6.82. The van der Waals surface area contributed by atoms with E-state index in [0.717, 1.165) is 10.1 Å². The molecule has 0 bridgehead atoms. The normalized spacial score (nSPS) is 17.6. The van der Waals surface area contributed by atoms with Gasteiger partial charge in [-0.2, -0.15) is 13.2 Å². The molecule has 2 unspecified atom stereocenters. The average Bonchev–Trinajstić information content (AvgIpc) is 3.17. The van der Waals surface area contributed by atoms with Crippen LogP contribution in [0.4, 0.5) is 13.2 Å². The van der Waals surface area contributed by atoms with Gasteiger partial charge in [0.1, 0.15) is 5.75 Å². The highest BCUT2D eigenvalue weighted by Crippen LogP contribution is 2.53. The van der Waals surface area contributed by atoms with Crippen LogP contribution in [0.1, 0.15) is 53.5 Å². The number of thioether (sulfide) groups is 1. The van der Waals surface area contributed by atoms with Gasteiger partial charge in [-0.25, -0.2) is 0 Å². The lowest BCUT2D eigenvalue weighted by Crippen LogP contribution is -2.18. The molecule has 0 N–H and O–H groups in total. The summed E-state index contributed by atoms with van der Waals surface area (Å²) in [4.78, 5) is 12.6. The maximum Gasteiger partial charge on any atom is 0.452 e. The summed E-state index contributed by atoms with van der Waals surface area (Å²) in [6.07, 6.45) is -5.32. The van der Waals surface area contributed by atoms with E-state index >= 15 is 0 Å². The number of carbonyl (C=O) groups is 1. The molecule has 6 nitrogen and oxygen atoms in total. The quantitative estimate of drug-likeness (QED) is 0.382. The maximum absolute atomic E-state index is 13.9. The van der Waals surface area contributed by atoms with Crippen LogP contribution in [-0.4, -0.2) is 33.9 Å². The Hall–Kier alpha value is -2.72. The Labute approximate surface area is 203 Å². The minimum Gasteiger partial charge on any atom is -0.496 e. The topological polar surface area (TPSA) is 66.2 Å². The molecule has 2 aromatic carbocycles. The minimum absolute atomic E-state index is 0.0130. The van der Waals surface area contributed by atoms with Gasteiger partial charge >= 0.3 is 12.1 Å². The number of alkyl halides is 3. The van der Waals surface area contributed by atoms with Gasteiger partial charge in [0.2, 0.25) is 5.82 Å². The molecule has 2 heterocycles. The molecule has 0 saturated carbocycles. The molecule has 3 aromatic rings. The van der Waals surface area contributed by atoms with Crippen molar-refractivity contribution in [2.75, 3.05) is 7.11 Å². The molecule has 0 aliphatic carbocycles. The summed E-state index contributed by atoms with van der Waals surface area (Å²) in [5.74, 6) is -1.14. The van der Waals surface area contributed by atoms with Gasteiger partial charge in [-0.15, -0.1) is 22.0 Å². The second kappa shape index (κ2) is 9.50. The molecule has 1 aliphatic heterocycles. The van der Waals surface area contributed by atoms with E-state index in [1.165, 1.54) is 31.0 Å². The van der Waals surface area contributed by atoms with Gasteiger partial charge in [-0.3, -0.25) is 9.36 Å². The molecule has 0 amide bonds. The predicted molar refractivity (Wildman–Crippen MR) is 122 cm³/mol. The first-order valence-electron chi connectivity index (χ1n) is 10.4. The molecule has 11 heteroatoms. The van der Waals surface area contributed by atoms with E-state index in [1.54, 1.807) is 32.0 Å². The van der Waals surface area contributed by atoms with E-state index in [4.69, 9.17) is 21.1 Å². The first-order valence-corrected chi connectivity index (χ1v) is 11.7. The SMILES string of the molecule is COc1ccccc1C1SC(CC(=O)OC(C)C)c2nnc(C(F)(F)F)n2-c2ccc(Cl)cc21. The number of methoxy groups -OCH3 is 1. The smallest absolute Gasteiger partial charge is 0.452 e. The fourth-order valence-electron chi connectivity index (χ4n) is 3.89. The van der Waals surface area contributed by atoms with Crippen LogP contribution in [0.2, 0.25) is 5.02 Å². The summed E-state index contributed by atoms with van der Waals surface area (Å²) in [7, 11) is 1.52. The largest absolute Gasteiger partial charge is 0.496 e. The number of ether oxygens (including phenoxy) is 2. The van der Waals surface area contributed by atoms with Gasteiger partial charge in [-0.1, -0.05) is 29.8 Å². The van der Waals surface area contributed by atoms with Crippen molar-refractivity contribution in [2.45, 2.75) is 43.0 Å². The van der Waals surface area contributed by atoms with Crippen LogP contribution >= 0.6 is 23.4 Å². The molecule has 1 aliphatic rings. The number of esters is 1. The zero-order valence-corrected chi connectivity index (χ0v) is 20.0. The van der Waals surface area contributed by atoms with Gasteiger partial charge in [0.15, 0.2) is 5.82 Å². The molecule has 0 saturated heterocycles. The van der Waals surface area contributed by atoms with E-state index < -0.39 is 28.5 Å². The van der Waals surface area contributed by atoms with Gasteiger partial charge < -0.3 is 9.47 Å². The van der Waals surface area contributed by atoms with E-state index in [1.807, 2.05) is 12.1 Å². The number of benzene rings is 2. The zero-order chi connectivity index (χ0) is 24.6. The third kappa shape index (κ3) is 4.74. The average molecular weight is 512 g/mol. The van der Waals surface area contributed by atoms with Gasteiger partial charge in [0.05, 0.1) is 35.8 Å². The number of rotatable bonds is 5. The van der Waals surface area contributed by atoms with Gasteiger partial charge in [-0.05, 0) is 43.7 Å². The van der Waals surface area contributed by atoms with Crippen LogP contribution in [-0.2, 0) is 15.7 Å². The third-order valence-electron chi connectivity index (χ3n) is 5.18. The van der Waals surface area contributed by atoms with Crippen molar-refractivity contribution in [3.8, 4) is 11.4 Å². The molecular weight excluding hydrogens is 491 g/mol. The monoisotopic (exact) mass is 511 g/mol. The summed E-state index contributed by atoms with van der Waals surface area (Å²) in [6, 6.07) is 11.9. The van der Waals surface area contributed by atoms with Crippen LogP contribution in [0.5, 0.6) is 5.75 Å². The summed E-state index contributed by atoms with van der Waals surface area (Å²) >= 11 is 7.57. The minimum atomic E-state index is -4.76. The lowest BCUT2D eigenvalue weighted by atomic mass is 10.0. The van der Waals surface area contributed by atoms with E-state index in [2.05, 4.69) is 10.2 Å². The number of nitrogens with zero attached hydrogens (tertiary/aromatic N) is 3. The summed E-state index contributed by atoms with van der Waals surface area (Å²) < 4.78 is 53.6. The second-order valence-corrected chi connectivity index (χ2v) is 9.66. The van der Waals surface area contributed by atoms with Crippen molar-refractivity contribution in [3.05, 3.63) is 70.3 Å². The zero-order valence-electron chi connectivity index (χ0n) is 18.5. The Morgan fingerprint density at radius 2 is 1.91 bits per heavy atom. The number of hydrogen-bond donors (Lipinski definition) is 0. The number of carbonyl (C=O) groups excluding carboxylic acids is 1. The van der Waals surface area contributed by atoms with Crippen LogP contribution < -0.4 is 4.74 Å². The van der Waals surface area contributed by atoms with Crippen LogP contribution in [0, 0.1) is 0 Å². The first kappa shape index (κ1) is 24.4. The van der Waals surface area contributed by atoms with Gasteiger partial charge in [0, 0.05) is 10.6 Å². The van der Waals surface area contributed by atoms with Crippen molar-refractivity contribution in [1.29, 1.82) is 0 Å². The number of para-hydroxylation sites is 1. The highest BCUT2D eigenvalue weighted by atomic mass is 35.5. The number of halogens is 4. The van der Waals surface area contributed by atoms with E-state index in [9.17, 15) is 18.0 Å². The molecular formula is C23H21ClF3N3O3S. The number of aromatic nitrogens is 3. The van der Waals surface area contributed by atoms with Crippen molar-refractivity contribution in [2.24, 2.45) is 0 Å². The molecule has 2 atom stereocenters. The van der Waals surface area contributed by atoms with Crippen LogP contribution in [0.15, 0.2) is 42.5 Å². The Morgan fingerprint density at radius 1 is 1.18 bits per heavy atom. The molecule has 1 aromatic heterocycles. The van der Waals surface area contributed by atoms with Crippen molar-refractivity contribution < 1.29 is 27.4 Å². The summed E-state index contributed by atoms with van der Waals surface area (Å²) in [5, 5.41) is 6.41. The summed E-state index contributed by atoms with van der Waals surface area (Å²) in [5.41, 5.74) is 1.49. The highest BCUT2D eigenvalue weighted by molar-refractivity contribution is 8.00. The molecule has 34 heavy (non-hydrogen) atoms. The Bertz CT molecular complexity index is 1220. The maximum atomic E-state index is 13.9. The second-order valence-electron chi connectivity index (χ2n) is 7.91. The third-order valence-corrected chi connectivity index (χ3v) is 6.90. The van der Waals surface area contributed by atoms with Gasteiger partial charge in [0.25, 0.3) is 0 Å². The molecule has 4 rings (SSSR count). The van der Waals surface area contributed by atoms with Crippen LogP contribution in [0.25, 0.3) is 5.69 Å². The van der Waals surface area contributed by atoms with Crippen molar-refractivity contribution >= 4 is 29.3 Å². The summed E-state index contributed by atoms with van der Waals surface area (Å²) in [6.45, 7) is 3.41. The first-order chi connectivity index (χ1) is 16.1. The van der Waals surface area contributed by atoms with Crippen molar-refractivity contribution in [3.63, 3.8) is 0 Å². The Morgan fingerprint density at radius 3 is 2.59 bits per heavy atom. The Balaban J connectivity index is 1.96. The lowest BCUT2D eigenvalue weighted by Gasteiger charge is -2.23. The molecule has 0 spiro atoms. The van der Waals surface area contributed by atoms with Crippen molar-refractivity contribution in [1.82, 2.24) is 14.8 Å². The molecule has 0 radical (unpaired) electrons. The number of fused-ring (bicyclic) bond motifs is 3. The molecule has 180 valence electrons. The van der Waals surface area contributed by atoms with Crippen LogP contribution in [0.3, 0.4) is 0 Å². The lowest BCUT2D eigenvalue weighted by molar-refractivity contribution is -0.147. The predicted octanol–water partition coefficient (Wildman–Crippen LogP) is 6.17. The highest BCUT2D eigenvalue weighted by Gasteiger charge is 2.43. The fraction of sp³-hybridized carbons (Fsp3) is 0.348. The number of hydrogen-bond acceptors (Lipinski definition) is 6. The standard InChI is InChI=1S/C23H21ClF3N3O3S/c1-12(2)33-19(31)11-18-21-28-29-22(23(25,26)27)30(21)16-9-8-13(24)10-15(16)20(34-18)14-6-4-5-7-17(14)32-3/h4-10,12,18,20H,11H2,1-3H3.